The first kappa shape index (κ1) is 23.7. The van der Waals surface area contributed by atoms with Crippen molar-refractivity contribution in [2.75, 3.05) is 13.1 Å². The summed E-state index contributed by atoms with van der Waals surface area (Å²) in [6.07, 6.45) is 15.7. The zero-order chi connectivity index (χ0) is 18.4. The summed E-state index contributed by atoms with van der Waals surface area (Å²) >= 11 is 0. The highest BCUT2D eigenvalue weighted by Crippen LogP contribution is 2.30. The summed E-state index contributed by atoms with van der Waals surface area (Å²) in [6, 6.07) is 0. The molecule has 0 aliphatic heterocycles. The fourth-order valence-corrected chi connectivity index (χ4v) is 3.57. The first-order valence-electron chi connectivity index (χ1n) is 10.8. The Balaban J connectivity index is 4.90. The number of unbranched alkanes of at least 4 members (excludes halogenated alkanes) is 2. The van der Waals surface area contributed by atoms with Crippen LogP contribution in [-0.2, 0) is 0 Å². The Bertz CT molecular complexity index is 310. The van der Waals surface area contributed by atoms with E-state index in [0.29, 0.717) is 5.54 Å². The SMILES string of the molecule is CC=C(C)CCC[C@](C)(CCCC(C)C)N(CCCC)CCCC. The topological polar surface area (TPSA) is 3.24 Å². The Morgan fingerprint density at radius 1 is 0.958 bits per heavy atom. The minimum atomic E-state index is 0.396. The second-order valence-electron chi connectivity index (χ2n) is 8.47. The lowest BCUT2D eigenvalue weighted by Gasteiger charge is -2.42. The van der Waals surface area contributed by atoms with Gasteiger partial charge >= 0.3 is 0 Å². The van der Waals surface area contributed by atoms with Crippen LogP contribution in [0.5, 0.6) is 0 Å². The molecule has 0 aliphatic carbocycles. The Kier molecular flexibility index (Phi) is 13.8. The van der Waals surface area contributed by atoms with Gasteiger partial charge in [0.1, 0.15) is 0 Å². The van der Waals surface area contributed by atoms with Crippen LogP contribution in [0.4, 0.5) is 0 Å². The van der Waals surface area contributed by atoms with E-state index in [4.69, 9.17) is 0 Å². The smallest absolute Gasteiger partial charge is 0.0181 e. The molecule has 144 valence electrons. The van der Waals surface area contributed by atoms with Crippen molar-refractivity contribution in [3.8, 4) is 0 Å². The van der Waals surface area contributed by atoms with Gasteiger partial charge in [0.25, 0.3) is 0 Å². The summed E-state index contributed by atoms with van der Waals surface area (Å²) in [6.45, 7) is 19.0. The maximum atomic E-state index is 2.85. The van der Waals surface area contributed by atoms with Crippen LogP contribution in [0.2, 0.25) is 0 Å². The molecule has 0 aromatic heterocycles. The van der Waals surface area contributed by atoms with Gasteiger partial charge in [-0.3, -0.25) is 4.90 Å². The first-order chi connectivity index (χ1) is 11.4. The quantitative estimate of drug-likeness (QED) is 0.278. The Morgan fingerprint density at radius 3 is 1.96 bits per heavy atom. The second-order valence-corrected chi connectivity index (χ2v) is 8.47. The van der Waals surface area contributed by atoms with Crippen molar-refractivity contribution in [1.82, 2.24) is 4.90 Å². The molecule has 24 heavy (non-hydrogen) atoms. The summed E-state index contributed by atoms with van der Waals surface area (Å²) in [5.74, 6) is 0.833. The van der Waals surface area contributed by atoms with E-state index in [1.807, 2.05) is 0 Å². The van der Waals surface area contributed by atoms with Gasteiger partial charge in [-0.05, 0) is 78.3 Å². The van der Waals surface area contributed by atoms with E-state index in [1.54, 1.807) is 5.57 Å². The lowest BCUT2D eigenvalue weighted by molar-refractivity contribution is 0.0764. The number of nitrogens with zero attached hydrogens (tertiary/aromatic N) is 1. The zero-order valence-corrected chi connectivity index (χ0v) is 18.1. The molecule has 0 saturated heterocycles. The normalized spacial score (nSPS) is 15.3. The molecule has 0 saturated carbocycles. The standard InChI is InChI=1S/C23H47N/c1-8-11-19-24(20-12-9-2)23(7,17-13-15-21(4)5)18-14-16-22(6)10-3/h10,21H,8-9,11-20H2,1-7H3/t23-/m0/s1. The molecular weight excluding hydrogens is 290 g/mol. The van der Waals surface area contributed by atoms with Gasteiger partial charge in [-0.25, -0.2) is 0 Å². The Morgan fingerprint density at radius 2 is 1.50 bits per heavy atom. The second kappa shape index (κ2) is 13.9. The van der Waals surface area contributed by atoms with Crippen LogP contribution in [0.3, 0.4) is 0 Å². The molecule has 0 rings (SSSR count). The summed E-state index contributed by atoms with van der Waals surface area (Å²) in [5, 5.41) is 0. The third-order valence-electron chi connectivity index (χ3n) is 5.60. The fourth-order valence-electron chi connectivity index (χ4n) is 3.57. The number of hydrogen-bond acceptors (Lipinski definition) is 1. The van der Waals surface area contributed by atoms with Crippen LogP contribution in [0.25, 0.3) is 0 Å². The molecule has 0 heterocycles. The van der Waals surface area contributed by atoms with Crippen molar-refractivity contribution in [2.45, 2.75) is 118 Å². The van der Waals surface area contributed by atoms with Crippen LogP contribution in [-0.4, -0.2) is 23.5 Å². The van der Waals surface area contributed by atoms with Crippen LogP contribution in [0.1, 0.15) is 113 Å². The summed E-state index contributed by atoms with van der Waals surface area (Å²) in [7, 11) is 0. The third kappa shape index (κ3) is 10.5. The average molecular weight is 338 g/mol. The van der Waals surface area contributed by atoms with Gasteiger partial charge in [0.15, 0.2) is 0 Å². The molecule has 0 aliphatic rings. The third-order valence-corrected chi connectivity index (χ3v) is 5.60. The molecule has 1 atom stereocenters. The van der Waals surface area contributed by atoms with E-state index in [2.05, 4.69) is 59.4 Å². The predicted molar refractivity (Wildman–Crippen MR) is 112 cm³/mol. The minimum absolute atomic E-state index is 0.396. The monoisotopic (exact) mass is 337 g/mol. The van der Waals surface area contributed by atoms with E-state index in [9.17, 15) is 0 Å². The molecule has 0 aromatic carbocycles. The van der Waals surface area contributed by atoms with Crippen molar-refractivity contribution in [2.24, 2.45) is 5.92 Å². The lowest BCUT2D eigenvalue weighted by Crippen LogP contribution is -2.47. The predicted octanol–water partition coefficient (Wildman–Crippen LogP) is 7.61. The highest BCUT2D eigenvalue weighted by Gasteiger charge is 2.30. The van der Waals surface area contributed by atoms with Gasteiger partial charge in [-0.15, -0.1) is 0 Å². The van der Waals surface area contributed by atoms with E-state index < -0.39 is 0 Å². The highest BCUT2D eigenvalue weighted by atomic mass is 15.2. The van der Waals surface area contributed by atoms with Crippen LogP contribution in [0.15, 0.2) is 11.6 Å². The zero-order valence-electron chi connectivity index (χ0n) is 18.1. The minimum Gasteiger partial charge on any atom is -0.298 e. The van der Waals surface area contributed by atoms with E-state index in [-0.39, 0.29) is 0 Å². The van der Waals surface area contributed by atoms with Gasteiger partial charge in [-0.2, -0.15) is 0 Å². The number of hydrogen-bond donors (Lipinski definition) is 0. The molecule has 0 unspecified atom stereocenters. The van der Waals surface area contributed by atoms with Crippen LogP contribution >= 0.6 is 0 Å². The van der Waals surface area contributed by atoms with Gasteiger partial charge in [-0.1, -0.05) is 65.0 Å². The molecule has 0 aromatic rings. The lowest BCUT2D eigenvalue weighted by atomic mass is 9.85. The molecule has 0 fully saturated rings. The molecule has 0 bridgehead atoms. The van der Waals surface area contributed by atoms with Crippen molar-refractivity contribution in [3.63, 3.8) is 0 Å². The molecule has 0 N–H and O–H groups in total. The molecule has 1 nitrogen and oxygen atoms in total. The fraction of sp³-hybridized carbons (Fsp3) is 0.913. The van der Waals surface area contributed by atoms with E-state index >= 15 is 0 Å². The van der Waals surface area contributed by atoms with Crippen molar-refractivity contribution < 1.29 is 0 Å². The molecule has 0 spiro atoms. The molecule has 0 amide bonds. The highest BCUT2D eigenvalue weighted by molar-refractivity contribution is 4.96. The number of allylic oxidation sites excluding steroid dienone is 2. The van der Waals surface area contributed by atoms with Crippen molar-refractivity contribution in [3.05, 3.63) is 11.6 Å². The maximum absolute atomic E-state index is 2.85. The molecule has 0 radical (unpaired) electrons. The van der Waals surface area contributed by atoms with E-state index in [0.717, 1.165) is 5.92 Å². The average Bonchev–Trinajstić information content (AvgIpc) is 2.54. The first-order valence-corrected chi connectivity index (χ1v) is 10.8. The molecule has 1 heteroatoms. The van der Waals surface area contributed by atoms with Gasteiger partial charge < -0.3 is 0 Å². The largest absolute Gasteiger partial charge is 0.298 e. The van der Waals surface area contributed by atoms with Crippen molar-refractivity contribution >= 4 is 0 Å². The van der Waals surface area contributed by atoms with Crippen LogP contribution < -0.4 is 0 Å². The summed E-state index contributed by atoms with van der Waals surface area (Å²) in [4.78, 5) is 2.85. The summed E-state index contributed by atoms with van der Waals surface area (Å²) in [5.41, 5.74) is 1.95. The van der Waals surface area contributed by atoms with Gasteiger partial charge in [0.05, 0.1) is 0 Å². The van der Waals surface area contributed by atoms with Crippen LogP contribution in [0, 0.1) is 5.92 Å². The Hall–Kier alpha value is -0.300. The van der Waals surface area contributed by atoms with Gasteiger partial charge in [0, 0.05) is 5.54 Å². The summed E-state index contributed by atoms with van der Waals surface area (Å²) < 4.78 is 0. The van der Waals surface area contributed by atoms with Gasteiger partial charge in [0.2, 0.25) is 0 Å². The van der Waals surface area contributed by atoms with E-state index in [1.165, 1.54) is 77.3 Å². The molecular formula is C23H47N. The maximum Gasteiger partial charge on any atom is 0.0181 e. The van der Waals surface area contributed by atoms with Crippen molar-refractivity contribution in [1.29, 1.82) is 0 Å². The number of rotatable bonds is 15. The Labute approximate surface area is 154 Å².